The van der Waals surface area contributed by atoms with E-state index < -0.39 is 11.5 Å². The van der Waals surface area contributed by atoms with E-state index in [4.69, 9.17) is 10.00 Å². The van der Waals surface area contributed by atoms with Gasteiger partial charge in [-0.25, -0.2) is 0 Å². The molecule has 1 aromatic heterocycles. The molecule has 7 heteroatoms. The highest BCUT2D eigenvalue weighted by Gasteiger charge is 2.14. The van der Waals surface area contributed by atoms with Crippen LogP contribution < -0.4 is 10.9 Å². The fourth-order valence-electron chi connectivity index (χ4n) is 2.42. The second-order valence-corrected chi connectivity index (χ2v) is 6.36. The Kier molecular flexibility index (Phi) is 7.86. The zero-order chi connectivity index (χ0) is 19.0. The third-order valence-corrected chi connectivity index (χ3v) is 3.91. The summed E-state index contributed by atoms with van der Waals surface area (Å²) in [6, 6.07) is 1.87. The largest absolute Gasteiger partial charge is 0.456 e. The third-order valence-electron chi connectivity index (χ3n) is 3.91. The smallest absolute Gasteiger partial charge is 0.306 e. The number of nitriles is 1. The predicted molar refractivity (Wildman–Crippen MR) is 93.0 cm³/mol. The number of amides is 1. The van der Waals surface area contributed by atoms with Gasteiger partial charge >= 0.3 is 5.97 Å². The van der Waals surface area contributed by atoms with Gasteiger partial charge in [0.25, 0.3) is 11.5 Å². The molecule has 0 aliphatic carbocycles. The molecule has 25 heavy (non-hydrogen) atoms. The summed E-state index contributed by atoms with van der Waals surface area (Å²) < 4.78 is 4.96. The predicted octanol–water partition coefficient (Wildman–Crippen LogP) is 1.50. The highest BCUT2D eigenvalue weighted by molar-refractivity contribution is 5.80. The van der Waals surface area contributed by atoms with Gasteiger partial charge in [-0.05, 0) is 43.7 Å². The number of ether oxygens (including phenoxy) is 1. The molecule has 0 aromatic carbocycles. The molecule has 0 aliphatic rings. The number of pyridine rings is 1. The van der Waals surface area contributed by atoms with Crippen LogP contribution in [0.4, 0.5) is 0 Å². The van der Waals surface area contributed by atoms with Crippen molar-refractivity contribution in [1.82, 2.24) is 10.3 Å². The van der Waals surface area contributed by atoms with Crippen molar-refractivity contribution in [2.45, 2.75) is 47.0 Å². The van der Waals surface area contributed by atoms with Crippen molar-refractivity contribution in [3.05, 3.63) is 32.7 Å². The Morgan fingerprint density at radius 1 is 1.32 bits per heavy atom. The van der Waals surface area contributed by atoms with E-state index in [1.54, 1.807) is 13.8 Å². The number of carbonyl (C=O) groups excluding carboxylic acids is 2. The summed E-state index contributed by atoms with van der Waals surface area (Å²) in [5.74, 6) is -0.329. The molecule has 7 nitrogen and oxygen atoms in total. The first-order chi connectivity index (χ1) is 11.8. The van der Waals surface area contributed by atoms with Crippen LogP contribution in [0, 0.1) is 31.1 Å². The average molecular weight is 347 g/mol. The van der Waals surface area contributed by atoms with Crippen molar-refractivity contribution in [2.75, 3.05) is 13.2 Å². The number of aromatic amines is 1. The summed E-state index contributed by atoms with van der Waals surface area (Å²) in [4.78, 5) is 37.7. The number of rotatable bonds is 8. The Bertz CT molecular complexity index is 729. The summed E-state index contributed by atoms with van der Waals surface area (Å²) in [5, 5.41) is 11.7. The standard InChI is InChI=1S/C18H25N3O4/c1-11(2)7-8-20-16(22)10-25-17(23)6-5-14-12(3)15(9-19)18(24)21-13(14)4/h11H,5-8,10H2,1-4H3,(H,20,22)(H,21,24). The van der Waals surface area contributed by atoms with Crippen LogP contribution in [0.5, 0.6) is 0 Å². The Morgan fingerprint density at radius 3 is 2.60 bits per heavy atom. The average Bonchev–Trinajstić information content (AvgIpc) is 2.52. The first kappa shape index (κ1) is 20.4. The van der Waals surface area contributed by atoms with Crippen LogP contribution in [0.3, 0.4) is 0 Å². The number of aryl methyl sites for hydroxylation is 1. The third kappa shape index (κ3) is 6.42. The van der Waals surface area contributed by atoms with Crippen molar-refractivity contribution >= 4 is 11.9 Å². The van der Waals surface area contributed by atoms with E-state index >= 15 is 0 Å². The van der Waals surface area contributed by atoms with E-state index in [0.29, 0.717) is 30.1 Å². The van der Waals surface area contributed by atoms with Gasteiger partial charge in [-0.15, -0.1) is 0 Å². The van der Waals surface area contributed by atoms with E-state index in [9.17, 15) is 14.4 Å². The van der Waals surface area contributed by atoms with Gasteiger partial charge in [0.05, 0.1) is 0 Å². The lowest BCUT2D eigenvalue weighted by Gasteiger charge is -2.11. The summed E-state index contributed by atoms with van der Waals surface area (Å²) >= 11 is 0. The van der Waals surface area contributed by atoms with Gasteiger partial charge in [0, 0.05) is 18.7 Å². The Hall–Kier alpha value is -2.62. The molecule has 0 unspecified atom stereocenters. The monoisotopic (exact) mass is 347 g/mol. The molecular formula is C18H25N3O4. The van der Waals surface area contributed by atoms with Crippen LogP contribution >= 0.6 is 0 Å². The maximum absolute atomic E-state index is 11.8. The Balaban J connectivity index is 2.51. The number of nitrogens with zero attached hydrogens (tertiary/aromatic N) is 1. The van der Waals surface area contributed by atoms with Crippen molar-refractivity contribution in [1.29, 1.82) is 5.26 Å². The van der Waals surface area contributed by atoms with E-state index in [1.165, 1.54) is 0 Å². The van der Waals surface area contributed by atoms with E-state index in [2.05, 4.69) is 24.1 Å². The fourth-order valence-corrected chi connectivity index (χ4v) is 2.42. The minimum atomic E-state index is -0.498. The molecule has 0 aliphatic heterocycles. The number of esters is 1. The van der Waals surface area contributed by atoms with E-state index in [-0.39, 0.29) is 24.5 Å². The van der Waals surface area contributed by atoms with Crippen LogP contribution in [0.2, 0.25) is 0 Å². The van der Waals surface area contributed by atoms with Gasteiger partial charge in [0.1, 0.15) is 11.6 Å². The maximum atomic E-state index is 11.8. The first-order valence-corrected chi connectivity index (χ1v) is 8.31. The molecule has 1 rings (SSSR count). The van der Waals surface area contributed by atoms with Crippen LogP contribution in [-0.2, 0) is 20.7 Å². The molecule has 0 radical (unpaired) electrons. The lowest BCUT2D eigenvalue weighted by atomic mass is 9.99. The number of hydrogen-bond donors (Lipinski definition) is 2. The molecule has 136 valence electrons. The van der Waals surface area contributed by atoms with Gasteiger partial charge < -0.3 is 15.0 Å². The van der Waals surface area contributed by atoms with Crippen LogP contribution in [0.25, 0.3) is 0 Å². The van der Waals surface area contributed by atoms with Crippen molar-refractivity contribution in [2.24, 2.45) is 5.92 Å². The minimum Gasteiger partial charge on any atom is -0.456 e. The van der Waals surface area contributed by atoms with E-state index in [1.807, 2.05) is 6.07 Å². The molecule has 0 fully saturated rings. The quantitative estimate of drug-likeness (QED) is 0.692. The highest BCUT2D eigenvalue weighted by Crippen LogP contribution is 2.15. The lowest BCUT2D eigenvalue weighted by molar-refractivity contribution is -0.148. The summed E-state index contributed by atoms with van der Waals surface area (Å²) in [5.41, 5.74) is 1.57. The first-order valence-electron chi connectivity index (χ1n) is 8.31. The Morgan fingerprint density at radius 2 is 2.00 bits per heavy atom. The number of aromatic nitrogens is 1. The molecule has 1 amide bonds. The highest BCUT2D eigenvalue weighted by atomic mass is 16.5. The zero-order valence-corrected chi connectivity index (χ0v) is 15.2. The van der Waals surface area contributed by atoms with Crippen molar-refractivity contribution in [3.63, 3.8) is 0 Å². The van der Waals surface area contributed by atoms with E-state index in [0.717, 1.165) is 12.0 Å². The summed E-state index contributed by atoms with van der Waals surface area (Å²) in [7, 11) is 0. The van der Waals surface area contributed by atoms with Crippen LogP contribution in [0.15, 0.2) is 4.79 Å². The number of H-pyrrole nitrogens is 1. The normalized spacial score (nSPS) is 10.4. The molecule has 0 saturated carbocycles. The topological polar surface area (TPSA) is 112 Å². The van der Waals surface area contributed by atoms with Crippen molar-refractivity contribution < 1.29 is 14.3 Å². The maximum Gasteiger partial charge on any atom is 0.306 e. The molecule has 0 bridgehead atoms. The van der Waals surface area contributed by atoms with Gasteiger partial charge in [0.2, 0.25) is 0 Å². The van der Waals surface area contributed by atoms with Crippen molar-refractivity contribution in [3.8, 4) is 6.07 Å². The minimum absolute atomic E-state index is 0.0542. The molecular weight excluding hydrogens is 322 g/mol. The fraction of sp³-hybridized carbons (Fsp3) is 0.556. The summed E-state index contributed by atoms with van der Waals surface area (Å²) in [6.45, 7) is 7.78. The molecule has 0 saturated heterocycles. The van der Waals surface area contributed by atoms with Crippen LogP contribution in [-0.4, -0.2) is 30.0 Å². The Labute approximate surface area is 147 Å². The van der Waals surface area contributed by atoms with Gasteiger partial charge in [-0.3, -0.25) is 14.4 Å². The van der Waals surface area contributed by atoms with Crippen LogP contribution in [0.1, 0.15) is 49.1 Å². The summed E-state index contributed by atoms with van der Waals surface area (Å²) in [6.07, 6.45) is 1.26. The van der Waals surface area contributed by atoms with Gasteiger partial charge in [0.15, 0.2) is 6.61 Å². The molecule has 2 N–H and O–H groups in total. The SMILES string of the molecule is Cc1[nH]c(=O)c(C#N)c(C)c1CCC(=O)OCC(=O)NCCC(C)C. The molecule has 0 atom stereocenters. The number of nitrogens with one attached hydrogen (secondary N) is 2. The number of hydrogen-bond acceptors (Lipinski definition) is 5. The molecule has 1 heterocycles. The second kappa shape index (κ2) is 9.62. The molecule has 0 spiro atoms. The zero-order valence-electron chi connectivity index (χ0n) is 15.2. The second-order valence-electron chi connectivity index (χ2n) is 6.36. The lowest BCUT2D eigenvalue weighted by Crippen LogP contribution is -2.30. The number of carbonyl (C=O) groups is 2. The molecule has 1 aromatic rings. The van der Waals surface area contributed by atoms with Gasteiger partial charge in [-0.2, -0.15) is 5.26 Å². The van der Waals surface area contributed by atoms with Gasteiger partial charge in [-0.1, -0.05) is 13.8 Å².